The van der Waals surface area contributed by atoms with Crippen molar-refractivity contribution in [3.63, 3.8) is 0 Å². The first-order valence-corrected chi connectivity index (χ1v) is 8.93. The van der Waals surface area contributed by atoms with Crippen molar-refractivity contribution in [2.75, 3.05) is 19.6 Å². The van der Waals surface area contributed by atoms with Crippen LogP contribution in [-0.4, -0.2) is 37.5 Å². The molecule has 0 bridgehead atoms. The Kier molecular flexibility index (Phi) is 9.56. The average molecular weight is 346 g/mol. The van der Waals surface area contributed by atoms with Crippen LogP contribution in [0.3, 0.4) is 0 Å². The molecule has 3 N–H and O–H groups in total. The standard InChI is InChI=1S/C17H31N3O2.ClH/c1-13(20-17(22)15-5-3-2-4-6-15)11-16(21)19-10-8-14-7-9-18-12-14;/h13-15,18H,2-12H2,1H3,(H,19,21)(H,20,22);1H. The second-order valence-corrected chi connectivity index (χ2v) is 6.95. The zero-order valence-corrected chi connectivity index (χ0v) is 15.1. The molecule has 0 spiro atoms. The number of hydrogen-bond acceptors (Lipinski definition) is 3. The van der Waals surface area contributed by atoms with E-state index in [2.05, 4.69) is 16.0 Å². The lowest BCUT2D eigenvalue weighted by atomic mass is 9.88. The Morgan fingerprint density at radius 2 is 1.91 bits per heavy atom. The first-order chi connectivity index (χ1) is 10.6. The summed E-state index contributed by atoms with van der Waals surface area (Å²) in [5.74, 6) is 1.04. The largest absolute Gasteiger partial charge is 0.356 e. The number of nitrogens with one attached hydrogen (secondary N) is 3. The van der Waals surface area contributed by atoms with E-state index in [1.54, 1.807) is 0 Å². The van der Waals surface area contributed by atoms with E-state index in [4.69, 9.17) is 0 Å². The van der Waals surface area contributed by atoms with Crippen LogP contribution in [0.4, 0.5) is 0 Å². The van der Waals surface area contributed by atoms with Crippen molar-refractivity contribution >= 4 is 24.2 Å². The van der Waals surface area contributed by atoms with Gasteiger partial charge in [-0.05, 0) is 51.6 Å². The molecule has 1 saturated carbocycles. The summed E-state index contributed by atoms with van der Waals surface area (Å²) in [6.07, 6.45) is 8.19. The fraction of sp³-hybridized carbons (Fsp3) is 0.882. The third kappa shape index (κ3) is 7.53. The molecule has 6 heteroatoms. The molecule has 0 aromatic rings. The summed E-state index contributed by atoms with van der Waals surface area (Å²) in [6, 6.07) is -0.0810. The third-order valence-corrected chi connectivity index (χ3v) is 4.89. The molecule has 0 radical (unpaired) electrons. The van der Waals surface area contributed by atoms with E-state index >= 15 is 0 Å². The number of carbonyl (C=O) groups is 2. The van der Waals surface area contributed by atoms with Gasteiger partial charge in [0.2, 0.25) is 11.8 Å². The van der Waals surface area contributed by atoms with E-state index in [-0.39, 0.29) is 36.2 Å². The molecule has 2 atom stereocenters. The van der Waals surface area contributed by atoms with Crippen LogP contribution in [0.5, 0.6) is 0 Å². The highest BCUT2D eigenvalue weighted by molar-refractivity contribution is 5.85. The molecule has 2 fully saturated rings. The fourth-order valence-electron chi connectivity index (χ4n) is 3.50. The van der Waals surface area contributed by atoms with Crippen LogP contribution < -0.4 is 16.0 Å². The van der Waals surface area contributed by atoms with Crippen LogP contribution >= 0.6 is 12.4 Å². The van der Waals surface area contributed by atoms with Crippen LogP contribution in [0.15, 0.2) is 0 Å². The van der Waals surface area contributed by atoms with Crippen LogP contribution in [0, 0.1) is 11.8 Å². The van der Waals surface area contributed by atoms with Gasteiger partial charge in [0, 0.05) is 24.9 Å². The zero-order valence-electron chi connectivity index (χ0n) is 14.2. The van der Waals surface area contributed by atoms with Gasteiger partial charge < -0.3 is 16.0 Å². The predicted octanol–water partition coefficient (Wildman–Crippen LogP) is 2.00. The second kappa shape index (κ2) is 10.9. The maximum absolute atomic E-state index is 12.1. The zero-order chi connectivity index (χ0) is 15.8. The monoisotopic (exact) mass is 345 g/mol. The second-order valence-electron chi connectivity index (χ2n) is 6.95. The minimum absolute atomic E-state index is 0. The SMILES string of the molecule is CC(CC(=O)NCCC1CCNC1)NC(=O)C1CCCCC1.Cl. The van der Waals surface area contributed by atoms with Crippen molar-refractivity contribution in [2.24, 2.45) is 11.8 Å². The van der Waals surface area contributed by atoms with Crippen molar-refractivity contribution in [1.82, 2.24) is 16.0 Å². The first-order valence-electron chi connectivity index (χ1n) is 8.93. The molecule has 5 nitrogen and oxygen atoms in total. The van der Waals surface area contributed by atoms with Gasteiger partial charge >= 0.3 is 0 Å². The molecule has 1 aliphatic carbocycles. The van der Waals surface area contributed by atoms with Crippen molar-refractivity contribution in [1.29, 1.82) is 0 Å². The van der Waals surface area contributed by atoms with E-state index in [9.17, 15) is 9.59 Å². The number of rotatable bonds is 7. The summed E-state index contributed by atoms with van der Waals surface area (Å²) in [4.78, 5) is 24.0. The average Bonchev–Trinajstić information content (AvgIpc) is 3.01. The van der Waals surface area contributed by atoms with Crippen LogP contribution in [0.1, 0.15) is 58.3 Å². The lowest BCUT2D eigenvalue weighted by molar-refractivity contribution is -0.127. The summed E-state index contributed by atoms with van der Waals surface area (Å²) < 4.78 is 0. The van der Waals surface area contributed by atoms with Gasteiger partial charge in [0.1, 0.15) is 0 Å². The summed E-state index contributed by atoms with van der Waals surface area (Å²) in [6.45, 7) is 4.84. The van der Waals surface area contributed by atoms with Gasteiger partial charge in [-0.25, -0.2) is 0 Å². The van der Waals surface area contributed by atoms with E-state index in [1.165, 1.54) is 12.8 Å². The smallest absolute Gasteiger partial charge is 0.223 e. The molecule has 134 valence electrons. The van der Waals surface area contributed by atoms with Crippen LogP contribution in [0.25, 0.3) is 0 Å². The molecular weight excluding hydrogens is 314 g/mol. The summed E-state index contributed by atoms with van der Waals surface area (Å²) in [7, 11) is 0. The Balaban J connectivity index is 0.00000264. The van der Waals surface area contributed by atoms with Crippen molar-refractivity contribution in [3.8, 4) is 0 Å². The molecule has 0 aromatic heterocycles. The van der Waals surface area contributed by atoms with Crippen LogP contribution in [-0.2, 0) is 9.59 Å². The Hall–Kier alpha value is -0.810. The lowest BCUT2D eigenvalue weighted by Gasteiger charge is -2.23. The summed E-state index contributed by atoms with van der Waals surface area (Å²) >= 11 is 0. The van der Waals surface area contributed by atoms with E-state index in [0.717, 1.165) is 51.7 Å². The van der Waals surface area contributed by atoms with Gasteiger partial charge in [-0.2, -0.15) is 0 Å². The van der Waals surface area contributed by atoms with Gasteiger partial charge in [0.15, 0.2) is 0 Å². The van der Waals surface area contributed by atoms with E-state index in [0.29, 0.717) is 12.3 Å². The van der Waals surface area contributed by atoms with Gasteiger partial charge in [0.05, 0.1) is 0 Å². The van der Waals surface area contributed by atoms with Crippen molar-refractivity contribution in [3.05, 3.63) is 0 Å². The highest BCUT2D eigenvalue weighted by Crippen LogP contribution is 2.23. The molecular formula is C17H32ClN3O2. The molecule has 23 heavy (non-hydrogen) atoms. The minimum Gasteiger partial charge on any atom is -0.356 e. The van der Waals surface area contributed by atoms with E-state index in [1.807, 2.05) is 6.92 Å². The Morgan fingerprint density at radius 1 is 1.17 bits per heavy atom. The number of carbonyl (C=O) groups excluding carboxylic acids is 2. The Bertz CT molecular complexity index is 367. The highest BCUT2D eigenvalue weighted by atomic mass is 35.5. The normalized spacial score (nSPS) is 22.9. The maximum Gasteiger partial charge on any atom is 0.223 e. The molecule has 1 heterocycles. The molecule has 2 aliphatic rings. The predicted molar refractivity (Wildman–Crippen MR) is 94.6 cm³/mol. The van der Waals surface area contributed by atoms with Gasteiger partial charge in [-0.1, -0.05) is 19.3 Å². The molecule has 2 unspecified atom stereocenters. The minimum atomic E-state index is -0.0810. The van der Waals surface area contributed by atoms with Gasteiger partial charge in [-0.15, -0.1) is 12.4 Å². The van der Waals surface area contributed by atoms with Crippen molar-refractivity contribution < 1.29 is 9.59 Å². The maximum atomic E-state index is 12.1. The first kappa shape index (κ1) is 20.2. The lowest BCUT2D eigenvalue weighted by Crippen LogP contribution is -2.41. The Labute approximate surface area is 146 Å². The van der Waals surface area contributed by atoms with Crippen molar-refractivity contribution in [2.45, 2.75) is 64.3 Å². The topological polar surface area (TPSA) is 70.2 Å². The van der Waals surface area contributed by atoms with Crippen LogP contribution in [0.2, 0.25) is 0 Å². The number of amides is 2. The summed E-state index contributed by atoms with van der Waals surface area (Å²) in [5, 5.41) is 9.31. The van der Waals surface area contributed by atoms with Gasteiger partial charge in [-0.3, -0.25) is 9.59 Å². The molecule has 0 aromatic carbocycles. The van der Waals surface area contributed by atoms with E-state index < -0.39 is 0 Å². The van der Waals surface area contributed by atoms with Gasteiger partial charge in [0.25, 0.3) is 0 Å². The number of hydrogen-bond donors (Lipinski definition) is 3. The molecule has 1 aliphatic heterocycles. The highest BCUT2D eigenvalue weighted by Gasteiger charge is 2.22. The fourth-order valence-corrected chi connectivity index (χ4v) is 3.50. The molecule has 2 rings (SSSR count). The summed E-state index contributed by atoms with van der Waals surface area (Å²) in [5.41, 5.74) is 0. The Morgan fingerprint density at radius 3 is 2.57 bits per heavy atom. The number of halogens is 1. The third-order valence-electron chi connectivity index (χ3n) is 4.89. The molecule has 2 amide bonds. The molecule has 1 saturated heterocycles. The quantitative estimate of drug-likeness (QED) is 0.661.